The first-order valence-corrected chi connectivity index (χ1v) is 13.2. The Balaban J connectivity index is 1.18. The van der Waals surface area contributed by atoms with Gasteiger partial charge in [0.25, 0.3) is 0 Å². The lowest BCUT2D eigenvalue weighted by Crippen LogP contribution is -2.46. The molecule has 3 aromatic rings. The van der Waals surface area contributed by atoms with Crippen LogP contribution in [0, 0.1) is 5.82 Å². The van der Waals surface area contributed by atoms with Crippen LogP contribution in [0.1, 0.15) is 29.8 Å². The molecule has 1 aromatic carbocycles. The number of halogens is 4. The molecule has 3 heterocycles. The summed E-state index contributed by atoms with van der Waals surface area (Å²) in [6.45, 7) is 3.17. The number of alkyl halides is 3. The second kappa shape index (κ2) is 9.43. The first kappa shape index (κ1) is 24.6. The van der Waals surface area contributed by atoms with Crippen molar-refractivity contribution in [2.45, 2.75) is 36.6 Å². The number of rotatable bonds is 7. The molecular weight excluding hydrogens is 500 g/mol. The maximum atomic E-state index is 14.3. The first-order valence-electron chi connectivity index (χ1n) is 11.5. The Kier molecular flexibility index (Phi) is 6.45. The predicted octanol–water partition coefficient (Wildman–Crippen LogP) is 3.22. The number of hydrogen-bond acceptors (Lipinski definition) is 7. The Bertz CT molecular complexity index is 1350. The van der Waals surface area contributed by atoms with Crippen LogP contribution in [-0.4, -0.2) is 64.7 Å². The molecule has 0 unspecified atom stereocenters. The zero-order valence-electron chi connectivity index (χ0n) is 19.2. The minimum absolute atomic E-state index is 0.0410. The van der Waals surface area contributed by atoms with Crippen molar-refractivity contribution < 1.29 is 26.0 Å². The first-order chi connectivity index (χ1) is 17.1. The number of anilines is 1. The topological polar surface area (TPSA) is 84.2 Å². The molecule has 1 aliphatic heterocycles. The highest BCUT2D eigenvalue weighted by Gasteiger charge is 2.36. The number of sulfone groups is 1. The zero-order chi connectivity index (χ0) is 25.5. The number of nitrogens with zero attached hydrogens (tertiary/aromatic N) is 6. The molecule has 2 fully saturated rings. The molecule has 5 rings (SSSR count). The van der Waals surface area contributed by atoms with Gasteiger partial charge in [0.15, 0.2) is 9.84 Å². The van der Waals surface area contributed by atoms with Crippen LogP contribution < -0.4 is 4.90 Å². The Morgan fingerprint density at radius 1 is 1.00 bits per heavy atom. The summed E-state index contributed by atoms with van der Waals surface area (Å²) in [7, 11) is -3.14. The van der Waals surface area contributed by atoms with E-state index in [2.05, 4.69) is 25.1 Å². The summed E-state index contributed by atoms with van der Waals surface area (Å²) < 4.78 is 78.3. The lowest BCUT2D eigenvalue weighted by Gasteiger charge is -2.35. The van der Waals surface area contributed by atoms with E-state index in [1.54, 1.807) is 6.07 Å². The average Bonchev–Trinajstić information content (AvgIpc) is 3.60. The van der Waals surface area contributed by atoms with Crippen LogP contribution in [0.4, 0.5) is 23.4 Å². The molecule has 1 saturated carbocycles. The largest absolute Gasteiger partial charge is 0.416 e. The van der Waals surface area contributed by atoms with Gasteiger partial charge < -0.3 is 4.90 Å². The lowest BCUT2D eigenvalue weighted by atomic mass is 10.2. The van der Waals surface area contributed by atoms with E-state index in [0.29, 0.717) is 50.2 Å². The van der Waals surface area contributed by atoms with Crippen molar-refractivity contribution >= 4 is 15.7 Å². The third-order valence-corrected chi connectivity index (χ3v) is 8.50. The van der Waals surface area contributed by atoms with Crippen LogP contribution in [-0.2, 0) is 28.3 Å². The number of benzene rings is 1. The molecule has 0 radical (unpaired) electrons. The average molecular weight is 525 g/mol. The van der Waals surface area contributed by atoms with Crippen LogP contribution >= 0.6 is 0 Å². The van der Waals surface area contributed by atoms with Crippen molar-refractivity contribution in [2.24, 2.45) is 0 Å². The van der Waals surface area contributed by atoms with Gasteiger partial charge in [-0.1, -0.05) is 11.3 Å². The number of pyridine rings is 1. The molecule has 0 atom stereocenters. The highest BCUT2D eigenvalue weighted by molar-refractivity contribution is 7.91. The van der Waals surface area contributed by atoms with E-state index in [1.807, 2.05) is 12.1 Å². The van der Waals surface area contributed by atoms with Gasteiger partial charge >= 0.3 is 6.18 Å². The fourth-order valence-corrected chi connectivity index (χ4v) is 5.86. The van der Waals surface area contributed by atoms with Gasteiger partial charge in [0.05, 0.1) is 34.2 Å². The standard InChI is InChI=1S/C23H24F4N6O2S/c24-20-12-16(23(25,26)27)4-7-21(20)33-14-18(29-30-33)13-31-8-10-32(11-9-31)22-3-1-2-17(28-22)15-36(34,35)19-5-6-19/h1-4,7,12,14,19H,5-6,8-11,13,15H2. The summed E-state index contributed by atoms with van der Waals surface area (Å²) in [6.07, 6.45) is -1.66. The van der Waals surface area contributed by atoms with Crippen LogP contribution in [0.5, 0.6) is 0 Å². The van der Waals surface area contributed by atoms with Crippen molar-refractivity contribution in [1.29, 1.82) is 0 Å². The molecule has 0 N–H and O–H groups in total. The summed E-state index contributed by atoms with van der Waals surface area (Å²) in [6, 6.07) is 7.72. The van der Waals surface area contributed by atoms with E-state index >= 15 is 0 Å². The summed E-state index contributed by atoms with van der Waals surface area (Å²) in [5.41, 5.74) is -0.0603. The molecule has 36 heavy (non-hydrogen) atoms. The van der Waals surface area contributed by atoms with Gasteiger partial charge in [-0.15, -0.1) is 5.10 Å². The maximum absolute atomic E-state index is 14.3. The maximum Gasteiger partial charge on any atom is 0.416 e. The van der Waals surface area contributed by atoms with Crippen LogP contribution in [0.25, 0.3) is 5.69 Å². The summed E-state index contributed by atoms with van der Waals surface area (Å²) in [5.74, 6) is -0.336. The number of aromatic nitrogens is 4. The molecular formula is C23H24F4N6O2S. The summed E-state index contributed by atoms with van der Waals surface area (Å²) in [4.78, 5) is 8.79. The normalized spacial score (nSPS) is 17.5. The summed E-state index contributed by atoms with van der Waals surface area (Å²) >= 11 is 0. The van der Waals surface area contributed by atoms with Gasteiger partial charge in [0.1, 0.15) is 17.3 Å². The van der Waals surface area contributed by atoms with E-state index < -0.39 is 27.4 Å². The highest BCUT2D eigenvalue weighted by Crippen LogP contribution is 2.32. The van der Waals surface area contributed by atoms with Crippen molar-refractivity contribution in [3.05, 3.63) is 65.4 Å². The van der Waals surface area contributed by atoms with E-state index in [-0.39, 0.29) is 16.7 Å². The van der Waals surface area contributed by atoms with Crippen LogP contribution in [0.2, 0.25) is 0 Å². The third kappa shape index (κ3) is 5.51. The number of hydrogen-bond donors (Lipinski definition) is 0. The van der Waals surface area contributed by atoms with Crippen molar-refractivity contribution in [1.82, 2.24) is 24.9 Å². The molecule has 1 saturated heterocycles. The van der Waals surface area contributed by atoms with Gasteiger partial charge in [-0.05, 0) is 43.2 Å². The molecule has 0 spiro atoms. The van der Waals surface area contributed by atoms with Crippen molar-refractivity contribution in [3.63, 3.8) is 0 Å². The second-order valence-corrected chi connectivity index (χ2v) is 11.4. The Morgan fingerprint density at radius 2 is 1.75 bits per heavy atom. The molecule has 2 aliphatic rings. The predicted molar refractivity (Wildman–Crippen MR) is 124 cm³/mol. The van der Waals surface area contributed by atoms with E-state index in [1.165, 1.54) is 6.20 Å². The van der Waals surface area contributed by atoms with E-state index in [4.69, 9.17) is 0 Å². The Hall–Kier alpha value is -3.06. The molecule has 8 nitrogen and oxygen atoms in total. The molecule has 13 heteroatoms. The second-order valence-electron chi connectivity index (χ2n) is 9.08. The lowest BCUT2D eigenvalue weighted by molar-refractivity contribution is -0.137. The fraction of sp³-hybridized carbons (Fsp3) is 0.435. The van der Waals surface area contributed by atoms with Crippen molar-refractivity contribution in [2.75, 3.05) is 31.1 Å². The van der Waals surface area contributed by atoms with Gasteiger partial charge in [0.2, 0.25) is 0 Å². The quantitative estimate of drug-likeness (QED) is 0.439. The van der Waals surface area contributed by atoms with Gasteiger partial charge in [-0.2, -0.15) is 13.2 Å². The third-order valence-electron chi connectivity index (χ3n) is 6.32. The van der Waals surface area contributed by atoms with Gasteiger partial charge in [0, 0.05) is 32.7 Å². The van der Waals surface area contributed by atoms with Crippen LogP contribution in [0.15, 0.2) is 42.6 Å². The molecule has 0 amide bonds. The highest BCUT2D eigenvalue weighted by atomic mass is 32.2. The van der Waals surface area contributed by atoms with Crippen LogP contribution in [0.3, 0.4) is 0 Å². The van der Waals surface area contributed by atoms with E-state index in [9.17, 15) is 26.0 Å². The van der Waals surface area contributed by atoms with Gasteiger partial charge in [-0.3, -0.25) is 4.90 Å². The van der Waals surface area contributed by atoms with Crippen molar-refractivity contribution in [3.8, 4) is 5.69 Å². The Labute approximate surface area is 205 Å². The Morgan fingerprint density at radius 3 is 2.42 bits per heavy atom. The summed E-state index contributed by atoms with van der Waals surface area (Å²) in [5, 5.41) is 7.69. The zero-order valence-corrected chi connectivity index (χ0v) is 20.0. The van der Waals surface area contributed by atoms with E-state index in [0.717, 1.165) is 35.5 Å². The minimum Gasteiger partial charge on any atom is -0.354 e. The monoisotopic (exact) mass is 524 g/mol. The molecule has 1 aliphatic carbocycles. The molecule has 192 valence electrons. The van der Waals surface area contributed by atoms with Gasteiger partial charge in [-0.25, -0.2) is 22.5 Å². The minimum atomic E-state index is -4.62. The molecule has 0 bridgehead atoms. The SMILES string of the molecule is O=S(=O)(Cc1cccc(N2CCN(Cc3cn(-c4ccc(C(F)(F)F)cc4F)nn3)CC2)n1)C1CC1. The molecule has 2 aromatic heterocycles. The number of piperazine rings is 1. The fourth-order valence-electron chi connectivity index (χ4n) is 4.20. The smallest absolute Gasteiger partial charge is 0.354 e.